The summed E-state index contributed by atoms with van der Waals surface area (Å²) in [4.78, 5) is 15.5. The predicted molar refractivity (Wildman–Crippen MR) is 77.7 cm³/mol. The van der Waals surface area contributed by atoms with Crippen LogP contribution in [0.2, 0.25) is 0 Å². The molecule has 0 bridgehead atoms. The van der Waals surface area contributed by atoms with Gasteiger partial charge < -0.3 is 4.74 Å². The number of amides is 1. The second kappa shape index (κ2) is 6.20. The average molecular weight is 327 g/mol. The van der Waals surface area contributed by atoms with Crippen LogP contribution in [0.25, 0.3) is 0 Å². The quantitative estimate of drug-likeness (QED) is 0.476. The molecule has 1 aromatic carbocycles. The van der Waals surface area contributed by atoms with Gasteiger partial charge in [-0.2, -0.15) is 0 Å². The second-order valence-electron chi connectivity index (χ2n) is 4.15. The molecule has 21 heavy (non-hydrogen) atoms. The molecule has 0 fully saturated rings. The van der Waals surface area contributed by atoms with Crippen molar-refractivity contribution in [3.8, 4) is 5.75 Å². The van der Waals surface area contributed by atoms with E-state index in [1.807, 2.05) is 5.43 Å². The van der Waals surface area contributed by atoms with Gasteiger partial charge in [-0.15, -0.1) is 11.3 Å². The van der Waals surface area contributed by atoms with E-state index in [-0.39, 0.29) is 16.5 Å². The Morgan fingerprint density at radius 1 is 1.38 bits per heavy atom. The molecule has 112 valence electrons. The van der Waals surface area contributed by atoms with Gasteiger partial charge >= 0.3 is 0 Å². The SMILES string of the molecule is CS(=O)(=O)c1ccc(OCc2csc(C(=O)NN)n2)cc1. The number of carbonyl (C=O) groups excluding carboxylic acids is 1. The van der Waals surface area contributed by atoms with Crippen molar-refractivity contribution in [2.24, 2.45) is 5.84 Å². The zero-order chi connectivity index (χ0) is 15.5. The minimum Gasteiger partial charge on any atom is -0.487 e. The fourth-order valence-corrected chi connectivity index (χ4v) is 2.81. The van der Waals surface area contributed by atoms with Crippen LogP contribution in [0.5, 0.6) is 5.75 Å². The van der Waals surface area contributed by atoms with Crippen molar-refractivity contribution in [3.63, 3.8) is 0 Å². The highest BCUT2D eigenvalue weighted by Gasteiger charge is 2.10. The lowest BCUT2D eigenvalue weighted by atomic mass is 10.3. The van der Waals surface area contributed by atoms with Gasteiger partial charge in [-0.1, -0.05) is 0 Å². The molecule has 0 aliphatic carbocycles. The molecule has 1 amide bonds. The maximum absolute atomic E-state index is 11.3. The Balaban J connectivity index is 2.00. The molecule has 0 aliphatic rings. The van der Waals surface area contributed by atoms with Gasteiger partial charge in [0.1, 0.15) is 12.4 Å². The fraction of sp³-hybridized carbons (Fsp3) is 0.167. The number of ether oxygens (including phenoxy) is 1. The third kappa shape index (κ3) is 4.00. The Morgan fingerprint density at radius 3 is 2.62 bits per heavy atom. The van der Waals surface area contributed by atoms with Crippen LogP contribution in [0.1, 0.15) is 15.5 Å². The average Bonchev–Trinajstić information content (AvgIpc) is 2.92. The first-order valence-electron chi connectivity index (χ1n) is 5.78. The first-order valence-corrected chi connectivity index (χ1v) is 8.55. The van der Waals surface area contributed by atoms with Gasteiger partial charge in [0.2, 0.25) is 0 Å². The number of nitrogens with zero attached hydrogens (tertiary/aromatic N) is 1. The predicted octanol–water partition coefficient (Wildman–Crippen LogP) is 0.729. The molecule has 3 N–H and O–H groups in total. The second-order valence-corrected chi connectivity index (χ2v) is 7.02. The molecule has 9 heteroatoms. The number of sulfone groups is 1. The smallest absolute Gasteiger partial charge is 0.294 e. The zero-order valence-corrected chi connectivity index (χ0v) is 12.7. The number of thiazole rings is 1. The summed E-state index contributed by atoms with van der Waals surface area (Å²) in [5.41, 5.74) is 2.59. The molecular weight excluding hydrogens is 314 g/mol. The minimum atomic E-state index is -3.22. The topological polar surface area (TPSA) is 111 Å². The fourth-order valence-electron chi connectivity index (χ4n) is 1.48. The first-order chi connectivity index (χ1) is 9.90. The summed E-state index contributed by atoms with van der Waals surface area (Å²) in [7, 11) is -3.22. The molecule has 0 unspecified atom stereocenters. The largest absolute Gasteiger partial charge is 0.487 e. The Kier molecular flexibility index (Phi) is 4.56. The van der Waals surface area contributed by atoms with E-state index in [4.69, 9.17) is 10.6 Å². The van der Waals surface area contributed by atoms with Gasteiger partial charge in [0.25, 0.3) is 5.91 Å². The lowest BCUT2D eigenvalue weighted by Gasteiger charge is -2.05. The molecule has 1 aromatic heterocycles. The van der Waals surface area contributed by atoms with Crippen molar-refractivity contribution in [1.82, 2.24) is 10.4 Å². The van der Waals surface area contributed by atoms with Gasteiger partial charge in [0.05, 0.1) is 10.6 Å². The summed E-state index contributed by atoms with van der Waals surface area (Å²) in [5.74, 6) is 5.07. The van der Waals surface area contributed by atoms with E-state index in [0.29, 0.717) is 11.4 Å². The van der Waals surface area contributed by atoms with Gasteiger partial charge in [-0.25, -0.2) is 19.2 Å². The van der Waals surface area contributed by atoms with E-state index in [0.717, 1.165) is 17.6 Å². The highest BCUT2D eigenvalue weighted by atomic mass is 32.2. The van der Waals surface area contributed by atoms with Crippen LogP contribution in [-0.2, 0) is 16.4 Å². The third-order valence-electron chi connectivity index (χ3n) is 2.52. The van der Waals surface area contributed by atoms with Crippen molar-refractivity contribution >= 4 is 27.1 Å². The number of nitrogen functional groups attached to an aromatic ring is 1. The molecular formula is C12H13N3O4S2. The number of rotatable bonds is 5. The monoisotopic (exact) mass is 327 g/mol. The van der Waals surface area contributed by atoms with Gasteiger partial charge in [-0.05, 0) is 24.3 Å². The molecule has 1 heterocycles. The Bertz CT molecular complexity index is 738. The van der Waals surface area contributed by atoms with Crippen LogP contribution >= 0.6 is 11.3 Å². The highest BCUT2D eigenvalue weighted by Crippen LogP contribution is 2.18. The first kappa shape index (κ1) is 15.4. The summed E-state index contributed by atoms with van der Waals surface area (Å²) in [6.07, 6.45) is 1.14. The molecule has 7 nitrogen and oxygen atoms in total. The molecule has 0 saturated carbocycles. The summed E-state index contributed by atoms with van der Waals surface area (Å²) in [6, 6.07) is 6.07. The minimum absolute atomic E-state index is 0.173. The van der Waals surface area contributed by atoms with E-state index in [1.165, 1.54) is 12.1 Å². The van der Waals surface area contributed by atoms with E-state index in [2.05, 4.69) is 4.98 Å². The maximum atomic E-state index is 11.3. The lowest BCUT2D eigenvalue weighted by molar-refractivity contribution is 0.0953. The third-order valence-corrected chi connectivity index (χ3v) is 4.53. The van der Waals surface area contributed by atoms with Crippen LogP contribution in [0.15, 0.2) is 34.5 Å². The Labute approximate surface area is 125 Å². The van der Waals surface area contributed by atoms with Crippen LogP contribution in [0.3, 0.4) is 0 Å². The molecule has 0 atom stereocenters. The Hall–Kier alpha value is -1.97. The molecule has 2 aromatic rings. The molecule has 0 spiro atoms. The van der Waals surface area contributed by atoms with Crippen molar-refractivity contribution in [2.45, 2.75) is 11.5 Å². The molecule has 2 rings (SSSR count). The number of aromatic nitrogens is 1. The molecule has 0 aliphatic heterocycles. The van der Waals surface area contributed by atoms with E-state index >= 15 is 0 Å². The van der Waals surface area contributed by atoms with Crippen LogP contribution in [0, 0.1) is 0 Å². The number of nitrogens with two attached hydrogens (primary N) is 1. The van der Waals surface area contributed by atoms with E-state index in [1.54, 1.807) is 17.5 Å². The molecule has 0 saturated heterocycles. The number of benzene rings is 1. The Morgan fingerprint density at radius 2 is 2.05 bits per heavy atom. The maximum Gasteiger partial charge on any atom is 0.294 e. The summed E-state index contributed by atoms with van der Waals surface area (Å²) in [6.45, 7) is 0.173. The van der Waals surface area contributed by atoms with Crippen LogP contribution < -0.4 is 16.0 Å². The number of hydrogen-bond acceptors (Lipinski definition) is 7. The lowest BCUT2D eigenvalue weighted by Crippen LogP contribution is -2.29. The molecule has 0 radical (unpaired) electrons. The number of hydrogen-bond donors (Lipinski definition) is 2. The van der Waals surface area contributed by atoms with Crippen LogP contribution in [0.4, 0.5) is 0 Å². The summed E-state index contributed by atoms with van der Waals surface area (Å²) in [5, 5.41) is 1.94. The highest BCUT2D eigenvalue weighted by molar-refractivity contribution is 7.90. The van der Waals surface area contributed by atoms with Gasteiger partial charge in [0.15, 0.2) is 14.8 Å². The van der Waals surface area contributed by atoms with Crippen molar-refractivity contribution in [2.75, 3.05) is 6.26 Å². The van der Waals surface area contributed by atoms with Crippen LogP contribution in [-0.4, -0.2) is 25.6 Å². The normalized spacial score (nSPS) is 11.1. The van der Waals surface area contributed by atoms with E-state index < -0.39 is 15.7 Å². The van der Waals surface area contributed by atoms with Gasteiger partial charge in [-0.3, -0.25) is 10.2 Å². The zero-order valence-electron chi connectivity index (χ0n) is 11.1. The van der Waals surface area contributed by atoms with Gasteiger partial charge in [0, 0.05) is 11.6 Å². The number of carbonyl (C=O) groups is 1. The van der Waals surface area contributed by atoms with Crippen molar-refractivity contribution in [1.29, 1.82) is 0 Å². The van der Waals surface area contributed by atoms with E-state index in [9.17, 15) is 13.2 Å². The number of nitrogens with one attached hydrogen (secondary N) is 1. The number of hydrazine groups is 1. The summed E-state index contributed by atoms with van der Waals surface area (Å²) < 4.78 is 28.1. The van der Waals surface area contributed by atoms with Crippen molar-refractivity contribution in [3.05, 3.63) is 40.3 Å². The summed E-state index contributed by atoms with van der Waals surface area (Å²) >= 11 is 1.16. The standard InChI is InChI=1S/C12H13N3O4S2/c1-21(17,18)10-4-2-9(3-5-10)19-6-8-7-20-12(14-8)11(16)15-13/h2-5,7H,6,13H2,1H3,(H,15,16). The van der Waals surface area contributed by atoms with Crippen molar-refractivity contribution < 1.29 is 17.9 Å².